The second-order valence-corrected chi connectivity index (χ2v) is 8.56. The molecule has 1 saturated heterocycles. The van der Waals surface area contributed by atoms with Gasteiger partial charge in [-0.15, -0.1) is 0 Å². The quantitative estimate of drug-likeness (QED) is 0.465. The summed E-state index contributed by atoms with van der Waals surface area (Å²) in [7, 11) is 1.57. The van der Waals surface area contributed by atoms with Crippen molar-refractivity contribution < 1.29 is 28.6 Å². The Morgan fingerprint density at radius 2 is 1.69 bits per heavy atom. The molecule has 0 aromatic heterocycles. The maximum absolute atomic E-state index is 12.6. The lowest BCUT2D eigenvalue weighted by atomic mass is 10.1. The molecule has 1 aliphatic heterocycles. The highest BCUT2D eigenvalue weighted by Crippen LogP contribution is 2.33. The van der Waals surface area contributed by atoms with Gasteiger partial charge >= 0.3 is 5.97 Å². The highest BCUT2D eigenvalue weighted by Gasteiger charge is 2.36. The summed E-state index contributed by atoms with van der Waals surface area (Å²) in [6.45, 7) is 3.64. The molecule has 8 nitrogen and oxygen atoms in total. The van der Waals surface area contributed by atoms with Crippen LogP contribution in [0.15, 0.2) is 66.7 Å². The fourth-order valence-electron chi connectivity index (χ4n) is 3.97. The number of aryl methyl sites for hydroxylation is 1. The van der Waals surface area contributed by atoms with E-state index in [0.717, 1.165) is 11.1 Å². The fraction of sp³-hybridized carbons (Fsp3) is 0.250. The molecule has 3 aromatic rings. The number of para-hydroxylation sites is 2. The van der Waals surface area contributed by atoms with Crippen LogP contribution in [0.4, 0.5) is 11.4 Å². The van der Waals surface area contributed by atoms with E-state index < -0.39 is 24.4 Å². The van der Waals surface area contributed by atoms with Gasteiger partial charge in [0.15, 0.2) is 18.1 Å². The first kappa shape index (κ1) is 24.8. The van der Waals surface area contributed by atoms with Crippen LogP contribution in [0.5, 0.6) is 17.2 Å². The number of carbonyl (C=O) groups is 3. The summed E-state index contributed by atoms with van der Waals surface area (Å²) < 4.78 is 16.4. The summed E-state index contributed by atoms with van der Waals surface area (Å²) in [4.78, 5) is 38.9. The highest BCUT2D eigenvalue weighted by molar-refractivity contribution is 6.00. The van der Waals surface area contributed by atoms with Crippen molar-refractivity contribution in [1.29, 1.82) is 0 Å². The van der Waals surface area contributed by atoms with Crippen LogP contribution in [-0.4, -0.2) is 38.0 Å². The van der Waals surface area contributed by atoms with Gasteiger partial charge in [-0.05, 0) is 67.4 Å². The molecule has 36 heavy (non-hydrogen) atoms. The molecule has 8 heteroatoms. The minimum Gasteiger partial charge on any atom is -0.493 e. The minimum atomic E-state index is -0.643. The number of hydrogen-bond donors (Lipinski definition) is 1. The topological polar surface area (TPSA) is 94.2 Å². The maximum Gasteiger partial charge on any atom is 0.311 e. The van der Waals surface area contributed by atoms with Gasteiger partial charge in [-0.2, -0.15) is 0 Å². The molecule has 3 aromatic carbocycles. The highest BCUT2D eigenvalue weighted by atomic mass is 16.5. The van der Waals surface area contributed by atoms with Gasteiger partial charge in [-0.3, -0.25) is 14.4 Å². The Bertz CT molecular complexity index is 1270. The molecule has 1 aliphatic rings. The summed E-state index contributed by atoms with van der Waals surface area (Å²) >= 11 is 0. The number of carbonyl (C=O) groups excluding carboxylic acids is 3. The van der Waals surface area contributed by atoms with E-state index in [0.29, 0.717) is 28.6 Å². The van der Waals surface area contributed by atoms with Crippen LogP contribution >= 0.6 is 0 Å². The van der Waals surface area contributed by atoms with Gasteiger partial charge in [-0.1, -0.05) is 24.3 Å². The molecule has 1 heterocycles. The van der Waals surface area contributed by atoms with Crippen molar-refractivity contribution in [1.82, 2.24) is 0 Å². The number of nitrogens with zero attached hydrogens (tertiary/aromatic N) is 1. The monoisotopic (exact) mass is 488 g/mol. The second kappa shape index (κ2) is 10.9. The molecule has 0 saturated carbocycles. The van der Waals surface area contributed by atoms with E-state index in [-0.39, 0.29) is 18.9 Å². The van der Waals surface area contributed by atoms with Crippen molar-refractivity contribution in [3.63, 3.8) is 0 Å². The Morgan fingerprint density at radius 3 is 2.42 bits per heavy atom. The molecule has 0 aliphatic carbocycles. The maximum atomic E-state index is 12.6. The van der Waals surface area contributed by atoms with Crippen molar-refractivity contribution >= 4 is 29.2 Å². The fourth-order valence-corrected chi connectivity index (χ4v) is 3.97. The third kappa shape index (κ3) is 5.66. The van der Waals surface area contributed by atoms with Gasteiger partial charge in [0.1, 0.15) is 5.75 Å². The van der Waals surface area contributed by atoms with Crippen LogP contribution in [0, 0.1) is 19.8 Å². The zero-order chi connectivity index (χ0) is 25.7. The second-order valence-electron chi connectivity index (χ2n) is 8.56. The van der Waals surface area contributed by atoms with Gasteiger partial charge in [0.25, 0.3) is 5.91 Å². The number of nitrogens with one attached hydrogen (secondary N) is 1. The summed E-state index contributed by atoms with van der Waals surface area (Å²) in [5.41, 5.74) is 3.33. The zero-order valence-electron chi connectivity index (χ0n) is 20.4. The van der Waals surface area contributed by atoms with E-state index in [1.165, 1.54) is 4.90 Å². The van der Waals surface area contributed by atoms with Crippen LogP contribution in [0.25, 0.3) is 0 Å². The van der Waals surface area contributed by atoms with Crippen LogP contribution in [0.1, 0.15) is 17.5 Å². The summed E-state index contributed by atoms with van der Waals surface area (Å²) in [6, 6.07) is 19.9. The number of ether oxygens (including phenoxy) is 3. The van der Waals surface area contributed by atoms with Crippen molar-refractivity contribution in [2.24, 2.45) is 5.92 Å². The van der Waals surface area contributed by atoms with Crippen molar-refractivity contribution in [2.75, 3.05) is 30.5 Å². The molecule has 0 bridgehead atoms. The third-order valence-electron chi connectivity index (χ3n) is 6.13. The lowest BCUT2D eigenvalue weighted by molar-refractivity contribution is -0.151. The SMILES string of the molecule is COc1ccccc1Oc1ccc(N2C[C@@H](C(=O)OCC(=O)Nc3cccc(C)c3C)CC2=O)cc1. The number of rotatable bonds is 8. The summed E-state index contributed by atoms with van der Waals surface area (Å²) in [6.07, 6.45) is 0.0247. The average Bonchev–Trinajstić information content (AvgIpc) is 3.28. The molecule has 1 atom stereocenters. The van der Waals surface area contributed by atoms with Gasteiger partial charge < -0.3 is 24.4 Å². The Hall–Kier alpha value is -4.33. The van der Waals surface area contributed by atoms with Crippen LogP contribution in [0.3, 0.4) is 0 Å². The normalized spacial score (nSPS) is 14.9. The first-order valence-corrected chi connectivity index (χ1v) is 11.6. The number of benzene rings is 3. The predicted octanol–water partition coefficient (Wildman–Crippen LogP) is 4.64. The van der Waals surface area contributed by atoms with Gasteiger partial charge in [0.05, 0.1) is 13.0 Å². The van der Waals surface area contributed by atoms with E-state index in [2.05, 4.69) is 5.32 Å². The Balaban J connectivity index is 1.31. The van der Waals surface area contributed by atoms with E-state index in [9.17, 15) is 14.4 Å². The van der Waals surface area contributed by atoms with Gasteiger partial charge in [0.2, 0.25) is 5.91 Å². The molecule has 0 spiro atoms. The van der Waals surface area contributed by atoms with Gasteiger partial charge in [0, 0.05) is 24.3 Å². The van der Waals surface area contributed by atoms with E-state index in [4.69, 9.17) is 14.2 Å². The number of hydrogen-bond acceptors (Lipinski definition) is 6. The summed E-state index contributed by atoms with van der Waals surface area (Å²) in [5.74, 6) is -0.0527. The standard InChI is InChI=1S/C28H28N2O6/c1-18-7-6-8-23(19(18)2)29-26(31)17-35-28(33)20-15-27(32)30(16-20)21-11-13-22(14-12-21)36-25-10-5-4-9-24(25)34-3/h4-14,20H,15-17H2,1-3H3,(H,29,31)/t20-/m0/s1. The minimum absolute atomic E-state index is 0.0247. The smallest absolute Gasteiger partial charge is 0.311 e. The van der Waals surface area contributed by atoms with E-state index in [1.807, 2.05) is 38.1 Å². The number of amides is 2. The van der Waals surface area contributed by atoms with E-state index >= 15 is 0 Å². The van der Waals surface area contributed by atoms with Crippen molar-refractivity contribution in [3.8, 4) is 17.2 Å². The van der Waals surface area contributed by atoms with Crippen molar-refractivity contribution in [2.45, 2.75) is 20.3 Å². The molecule has 0 radical (unpaired) electrons. The molecule has 2 amide bonds. The van der Waals surface area contributed by atoms with Crippen LogP contribution < -0.4 is 19.7 Å². The largest absolute Gasteiger partial charge is 0.493 e. The number of methoxy groups -OCH3 is 1. The van der Waals surface area contributed by atoms with E-state index in [1.54, 1.807) is 49.6 Å². The third-order valence-corrected chi connectivity index (χ3v) is 6.13. The molecule has 4 rings (SSSR count). The Morgan fingerprint density at radius 1 is 0.972 bits per heavy atom. The molecule has 1 fully saturated rings. The predicted molar refractivity (Wildman–Crippen MR) is 135 cm³/mol. The first-order valence-electron chi connectivity index (χ1n) is 11.6. The number of anilines is 2. The summed E-state index contributed by atoms with van der Waals surface area (Å²) in [5, 5.41) is 2.76. The van der Waals surface area contributed by atoms with Crippen LogP contribution in [-0.2, 0) is 19.1 Å². The Labute approximate surface area is 209 Å². The lowest BCUT2D eigenvalue weighted by Crippen LogP contribution is -2.28. The van der Waals surface area contributed by atoms with Gasteiger partial charge in [-0.25, -0.2) is 0 Å². The number of esters is 1. The lowest BCUT2D eigenvalue weighted by Gasteiger charge is -2.17. The molecule has 0 unspecified atom stereocenters. The van der Waals surface area contributed by atoms with Crippen molar-refractivity contribution in [3.05, 3.63) is 77.9 Å². The molecular formula is C28H28N2O6. The molecule has 186 valence electrons. The first-order chi connectivity index (χ1) is 17.4. The van der Waals surface area contributed by atoms with Crippen LogP contribution in [0.2, 0.25) is 0 Å². The molecule has 1 N–H and O–H groups in total. The Kier molecular flexibility index (Phi) is 7.53. The zero-order valence-corrected chi connectivity index (χ0v) is 20.4. The average molecular weight is 489 g/mol. The molecular weight excluding hydrogens is 460 g/mol.